The Bertz CT molecular complexity index is 1480. The lowest BCUT2D eigenvalue weighted by atomic mass is 9.81. The van der Waals surface area contributed by atoms with Crippen molar-refractivity contribution in [3.05, 3.63) is 113 Å². The molecule has 1 N–H and O–H groups in total. The molecule has 6 heteroatoms. The van der Waals surface area contributed by atoms with Crippen molar-refractivity contribution >= 4 is 24.0 Å². The molecule has 164 valence electrons. The minimum absolute atomic E-state index is 0.170. The minimum Gasteiger partial charge on any atom is -0.478 e. The number of aromatic carboxylic acids is 1. The Morgan fingerprint density at radius 2 is 1.06 bits per heavy atom. The van der Waals surface area contributed by atoms with Crippen molar-refractivity contribution in [2.45, 2.75) is 0 Å². The third-order valence-corrected chi connectivity index (χ3v) is 5.85. The summed E-state index contributed by atoms with van der Waals surface area (Å²) in [6, 6.07) is 23.4. The van der Waals surface area contributed by atoms with Crippen molar-refractivity contribution in [2.75, 3.05) is 0 Å². The molecule has 5 rings (SSSR count). The van der Waals surface area contributed by atoms with E-state index in [4.69, 9.17) is 9.84 Å². The first-order valence-corrected chi connectivity index (χ1v) is 10.4. The molecule has 34 heavy (non-hydrogen) atoms. The van der Waals surface area contributed by atoms with E-state index >= 15 is 0 Å². The molecule has 0 aromatic heterocycles. The van der Waals surface area contributed by atoms with Crippen LogP contribution in [-0.2, 0) is 4.79 Å². The SMILES string of the molecule is O=COc1ccc(-c2ccc3c(c2)C(=O)c2ccc(-c4ccc(C(=O)O)cc4)cc2C3=O)cc1. The highest BCUT2D eigenvalue weighted by molar-refractivity contribution is 6.29. The van der Waals surface area contributed by atoms with E-state index in [1.54, 1.807) is 72.8 Å². The lowest BCUT2D eigenvalue weighted by molar-refractivity contribution is -0.120. The summed E-state index contributed by atoms with van der Waals surface area (Å²) in [5.74, 6) is -1.08. The van der Waals surface area contributed by atoms with Gasteiger partial charge in [0, 0.05) is 22.3 Å². The molecule has 6 nitrogen and oxygen atoms in total. The first-order valence-electron chi connectivity index (χ1n) is 10.4. The molecule has 0 saturated heterocycles. The smallest absolute Gasteiger partial charge is 0.335 e. The Hall–Kier alpha value is -4.84. The maximum Gasteiger partial charge on any atom is 0.335 e. The van der Waals surface area contributed by atoms with Crippen LogP contribution in [0.4, 0.5) is 0 Å². The van der Waals surface area contributed by atoms with Gasteiger partial charge in [0.1, 0.15) is 5.75 Å². The molecule has 1 aliphatic rings. The van der Waals surface area contributed by atoms with Crippen molar-refractivity contribution < 1.29 is 29.0 Å². The largest absolute Gasteiger partial charge is 0.478 e. The van der Waals surface area contributed by atoms with E-state index < -0.39 is 5.97 Å². The Balaban J connectivity index is 1.51. The van der Waals surface area contributed by atoms with Crippen LogP contribution >= 0.6 is 0 Å². The van der Waals surface area contributed by atoms with Gasteiger partial charge in [0.15, 0.2) is 11.6 Å². The lowest BCUT2D eigenvalue weighted by Gasteiger charge is -2.19. The summed E-state index contributed by atoms with van der Waals surface area (Å²) in [5.41, 5.74) is 4.52. The van der Waals surface area contributed by atoms with Gasteiger partial charge in [0.25, 0.3) is 6.47 Å². The average molecular weight is 448 g/mol. The quantitative estimate of drug-likeness (QED) is 0.379. The van der Waals surface area contributed by atoms with Crippen LogP contribution in [0.1, 0.15) is 42.2 Å². The van der Waals surface area contributed by atoms with Gasteiger partial charge in [-0.2, -0.15) is 0 Å². The summed E-state index contributed by atoms with van der Waals surface area (Å²) in [4.78, 5) is 48.1. The Morgan fingerprint density at radius 1 is 0.618 bits per heavy atom. The summed E-state index contributed by atoms with van der Waals surface area (Å²) in [5, 5.41) is 9.09. The molecule has 0 heterocycles. The first-order chi connectivity index (χ1) is 16.5. The van der Waals surface area contributed by atoms with E-state index in [1.165, 1.54) is 12.1 Å². The molecule has 0 atom stereocenters. The number of fused-ring (bicyclic) bond motifs is 2. The molecule has 0 unspecified atom stereocenters. The zero-order valence-electron chi connectivity index (χ0n) is 17.6. The number of hydrogen-bond acceptors (Lipinski definition) is 5. The fourth-order valence-electron chi connectivity index (χ4n) is 4.10. The molecular formula is C28H16O6. The number of carbonyl (C=O) groups is 4. The lowest BCUT2D eigenvalue weighted by Crippen LogP contribution is -2.21. The van der Waals surface area contributed by atoms with Crippen molar-refractivity contribution in [3.8, 4) is 28.0 Å². The summed E-state index contributed by atoms with van der Waals surface area (Å²) in [7, 11) is 0. The normalized spacial score (nSPS) is 12.0. The van der Waals surface area contributed by atoms with Crippen LogP contribution in [0.3, 0.4) is 0 Å². The second-order valence-electron chi connectivity index (χ2n) is 7.80. The van der Waals surface area contributed by atoms with Crippen LogP contribution in [0.15, 0.2) is 84.9 Å². The molecule has 0 bridgehead atoms. The van der Waals surface area contributed by atoms with E-state index in [1.807, 2.05) is 0 Å². The number of carbonyl (C=O) groups excluding carboxylic acids is 3. The molecule has 4 aromatic carbocycles. The highest BCUT2D eigenvalue weighted by Gasteiger charge is 2.30. The summed E-state index contributed by atoms with van der Waals surface area (Å²) >= 11 is 0. The van der Waals surface area contributed by atoms with Crippen LogP contribution in [0.25, 0.3) is 22.3 Å². The highest BCUT2D eigenvalue weighted by Crippen LogP contribution is 2.33. The standard InChI is InChI=1S/C28H16O6/c29-15-34-21-9-5-17(6-10-21)20-8-12-23-25(14-20)27(31)22-11-7-19(13-24(22)26(23)30)16-1-3-18(4-2-16)28(32)33/h1-15H,(H,32,33). The van der Waals surface area contributed by atoms with Gasteiger partial charge in [-0.05, 0) is 70.8 Å². The van der Waals surface area contributed by atoms with Crippen LogP contribution in [0.2, 0.25) is 0 Å². The molecule has 0 fully saturated rings. The zero-order chi connectivity index (χ0) is 23.8. The van der Waals surface area contributed by atoms with Gasteiger partial charge in [-0.15, -0.1) is 0 Å². The van der Waals surface area contributed by atoms with Crippen LogP contribution in [0, 0.1) is 0 Å². The van der Waals surface area contributed by atoms with Gasteiger partial charge in [-0.25, -0.2) is 4.79 Å². The van der Waals surface area contributed by atoms with Gasteiger partial charge >= 0.3 is 5.97 Å². The van der Waals surface area contributed by atoms with E-state index in [9.17, 15) is 19.2 Å². The number of benzene rings is 4. The molecule has 0 radical (unpaired) electrons. The molecule has 0 amide bonds. The topological polar surface area (TPSA) is 97.7 Å². The third kappa shape index (κ3) is 3.57. The Labute approximate surface area is 194 Å². The molecular weight excluding hydrogens is 432 g/mol. The molecule has 4 aromatic rings. The number of ether oxygens (including phenoxy) is 1. The molecule has 0 saturated carbocycles. The predicted molar refractivity (Wildman–Crippen MR) is 124 cm³/mol. The maximum absolute atomic E-state index is 13.3. The van der Waals surface area contributed by atoms with Gasteiger partial charge < -0.3 is 9.84 Å². The Morgan fingerprint density at radius 3 is 1.50 bits per heavy atom. The summed E-state index contributed by atoms with van der Waals surface area (Å²) in [6.45, 7) is 0.353. The fraction of sp³-hybridized carbons (Fsp3) is 0. The van der Waals surface area contributed by atoms with E-state index in [0.717, 1.165) is 22.3 Å². The van der Waals surface area contributed by atoms with Crippen molar-refractivity contribution in [2.24, 2.45) is 0 Å². The number of carboxylic acid groups (broad SMARTS) is 1. The fourth-order valence-corrected chi connectivity index (χ4v) is 4.10. The third-order valence-electron chi connectivity index (χ3n) is 5.85. The Kier molecular flexibility index (Phi) is 5.11. The number of hydrogen-bond donors (Lipinski definition) is 1. The van der Waals surface area contributed by atoms with E-state index in [2.05, 4.69) is 0 Å². The highest BCUT2D eigenvalue weighted by atomic mass is 16.5. The van der Waals surface area contributed by atoms with Crippen molar-refractivity contribution in [1.29, 1.82) is 0 Å². The molecule has 1 aliphatic carbocycles. The van der Waals surface area contributed by atoms with Crippen molar-refractivity contribution in [3.63, 3.8) is 0 Å². The van der Waals surface area contributed by atoms with Crippen LogP contribution in [-0.4, -0.2) is 29.1 Å². The number of carboxylic acids is 1. The number of ketones is 2. The zero-order valence-corrected chi connectivity index (χ0v) is 17.6. The first kappa shape index (κ1) is 21.0. The van der Waals surface area contributed by atoms with Crippen molar-refractivity contribution in [1.82, 2.24) is 0 Å². The van der Waals surface area contributed by atoms with E-state index in [0.29, 0.717) is 34.5 Å². The molecule has 0 aliphatic heterocycles. The maximum atomic E-state index is 13.3. The summed E-state index contributed by atoms with van der Waals surface area (Å²) < 4.78 is 4.81. The van der Waals surface area contributed by atoms with Crippen LogP contribution in [0.5, 0.6) is 5.75 Å². The second kappa shape index (κ2) is 8.26. The average Bonchev–Trinajstić information content (AvgIpc) is 2.87. The minimum atomic E-state index is -1.01. The van der Waals surface area contributed by atoms with Crippen LogP contribution < -0.4 is 4.74 Å². The second-order valence-corrected chi connectivity index (χ2v) is 7.80. The summed E-state index contributed by atoms with van der Waals surface area (Å²) in [6.07, 6.45) is 0. The monoisotopic (exact) mass is 448 g/mol. The predicted octanol–water partition coefficient (Wildman–Crippen LogP) is 5.03. The van der Waals surface area contributed by atoms with E-state index in [-0.39, 0.29) is 17.1 Å². The van der Waals surface area contributed by atoms with Gasteiger partial charge in [-0.1, -0.05) is 36.4 Å². The van der Waals surface area contributed by atoms with Gasteiger partial charge in [0.2, 0.25) is 0 Å². The molecule has 0 spiro atoms. The van der Waals surface area contributed by atoms with Gasteiger partial charge in [-0.3, -0.25) is 14.4 Å². The number of rotatable bonds is 5. The van der Waals surface area contributed by atoms with Gasteiger partial charge in [0.05, 0.1) is 5.56 Å².